The molecular formula is C19H29NO. The molecule has 2 heteroatoms. The lowest BCUT2D eigenvalue weighted by Gasteiger charge is -2.47. The van der Waals surface area contributed by atoms with E-state index in [-0.39, 0.29) is 5.60 Å². The minimum absolute atomic E-state index is 0.00518. The summed E-state index contributed by atoms with van der Waals surface area (Å²) in [6, 6.07) is 0.752. The molecule has 1 spiro atoms. The third-order valence-corrected chi connectivity index (χ3v) is 6.38. The molecule has 1 saturated carbocycles. The number of fused-ring (bicyclic) bond motifs is 1. The average Bonchev–Trinajstić information content (AvgIpc) is 3.02. The third kappa shape index (κ3) is 2.18. The molecule has 21 heavy (non-hydrogen) atoms. The topological polar surface area (TPSA) is 12.5 Å². The first-order valence-electron chi connectivity index (χ1n) is 8.91. The zero-order valence-electron chi connectivity index (χ0n) is 13.7. The largest absolute Gasteiger partial charge is 0.374 e. The van der Waals surface area contributed by atoms with Crippen LogP contribution < -0.4 is 0 Å². The molecule has 0 unspecified atom stereocenters. The summed E-state index contributed by atoms with van der Waals surface area (Å²) in [6.45, 7) is 8.43. The fourth-order valence-corrected chi connectivity index (χ4v) is 5.11. The van der Waals surface area contributed by atoms with Gasteiger partial charge in [-0.25, -0.2) is 0 Å². The van der Waals surface area contributed by atoms with Gasteiger partial charge in [0.2, 0.25) is 0 Å². The van der Waals surface area contributed by atoms with E-state index < -0.39 is 0 Å². The minimum Gasteiger partial charge on any atom is -0.374 e. The zero-order chi connectivity index (χ0) is 14.6. The van der Waals surface area contributed by atoms with Gasteiger partial charge in [0, 0.05) is 31.6 Å². The van der Waals surface area contributed by atoms with E-state index in [4.69, 9.17) is 4.74 Å². The summed E-state index contributed by atoms with van der Waals surface area (Å²) in [5.41, 5.74) is 1.54. The molecule has 0 aromatic heterocycles. The minimum atomic E-state index is -0.00518. The fraction of sp³-hybridized carbons (Fsp3) is 0.789. The molecule has 3 aliphatic heterocycles. The van der Waals surface area contributed by atoms with Crippen molar-refractivity contribution in [3.63, 3.8) is 0 Å². The van der Waals surface area contributed by atoms with Crippen LogP contribution in [0.15, 0.2) is 23.9 Å². The number of nitrogens with zero attached hydrogens (tertiary/aromatic N) is 1. The smallest absolute Gasteiger partial charge is 0.112 e. The normalized spacial score (nSPS) is 45.1. The standard InChI is InChI=1S/C19H29NO/c1-13(2)17-5-4-14(3)10-18(17)20-9-8-19-7-6-16(21-19)11-15(19)12-20/h6-7,12-14,16-18H,4-5,8-11H2,1-3H3/t14-,16+,17+,18-,19+/m1/s1. The van der Waals surface area contributed by atoms with E-state index in [2.05, 4.69) is 44.0 Å². The van der Waals surface area contributed by atoms with Gasteiger partial charge in [-0.2, -0.15) is 0 Å². The zero-order valence-corrected chi connectivity index (χ0v) is 13.7. The number of ether oxygens (including phenoxy) is 1. The van der Waals surface area contributed by atoms with E-state index in [1.165, 1.54) is 25.8 Å². The Morgan fingerprint density at radius 1 is 1.33 bits per heavy atom. The summed E-state index contributed by atoms with van der Waals surface area (Å²) in [7, 11) is 0. The van der Waals surface area contributed by atoms with Crippen LogP contribution in [0.2, 0.25) is 0 Å². The molecule has 5 atom stereocenters. The number of rotatable bonds is 2. The van der Waals surface area contributed by atoms with E-state index in [1.54, 1.807) is 5.57 Å². The van der Waals surface area contributed by atoms with Crippen molar-refractivity contribution in [1.29, 1.82) is 0 Å². The molecule has 0 radical (unpaired) electrons. The van der Waals surface area contributed by atoms with Gasteiger partial charge in [0.1, 0.15) is 5.60 Å². The number of hydrogen-bond donors (Lipinski definition) is 0. The van der Waals surface area contributed by atoms with Crippen LogP contribution >= 0.6 is 0 Å². The van der Waals surface area contributed by atoms with Crippen LogP contribution in [0.3, 0.4) is 0 Å². The highest BCUT2D eigenvalue weighted by Crippen LogP contribution is 2.48. The molecule has 4 aliphatic rings. The van der Waals surface area contributed by atoms with Crippen molar-refractivity contribution < 1.29 is 4.74 Å². The Morgan fingerprint density at radius 2 is 2.19 bits per heavy atom. The third-order valence-electron chi connectivity index (χ3n) is 6.38. The quantitative estimate of drug-likeness (QED) is 0.708. The fourth-order valence-electron chi connectivity index (χ4n) is 5.11. The van der Waals surface area contributed by atoms with Crippen molar-refractivity contribution in [2.75, 3.05) is 6.54 Å². The molecule has 1 aliphatic carbocycles. The first kappa shape index (κ1) is 13.9. The summed E-state index contributed by atoms with van der Waals surface area (Å²) in [6.07, 6.45) is 13.9. The molecule has 2 fully saturated rings. The van der Waals surface area contributed by atoms with Gasteiger partial charge in [-0.15, -0.1) is 0 Å². The van der Waals surface area contributed by atoms with Crippen LogP contribution in [0.25, 0.3) is 0 Å². The van der Waals surface area contributed by atoms with E-state index in [0.717, 1.165) is 36.6 Å². The van der Waals surface area contributed by atoms with Gasteiger partial charge in [0.05, 0.1) is 6.10 Å². The summed E-state index contributed by atoms with van der Waals surface area (Å²) in [5.74, 6) is 2.55. The first-order chi connectivity index (χ1) is 10.1. The molecule has 2 nitrogen and oxygen atoms in total. The second-order valence-corrected chi connectivity index (χ2v) is 8.14. The predicted octanol–water partition coefficient (Wildman–Crippen LogP) is 4.13. The Kier molecular flexibility index (Phi) is 3.22. The van der Waals surface area contributed by atoms with Crippen LogP contribution in [-0.2, 0) is 4.74 Å². The van der Waals surface area contributed by atoms with E-state index in [9.17, 15) is 0 Å². The Morgan fingerprint density at radius 3 is 2.95 bits per heavy atom. The van der Waals surface area contributed by atoms with Gasteiger partial charge >= 0.3 is 0 Å². The maximum Gasteiger partial charge on any atom is 0.112 e. The van der Waals surface area contributed by atoms with Crippen molar-refractivity contribution >= 4 is 0 Å². The highest BCUT2D eigenvalue weighted by atomic mass is 16.5. The van der Waals surface area contributed by atoms with Crippen LogP contribution in [0.4, 0.5) is 0 Å². The lowest BCUT2D eigenvalue weighted by molar-refractivity contribution is 0.0145. The molecule has 2 bridgehead atoms. The van der Waals surface area contributed by atoms with Crippen molar-refractivity contribution in [2.24, 2.45) is 17.8 Å². The molecule has 3 heterocycles. The molecule has 116 valence electrons. The van der Waals surface area contributed by atoms with Crippen LogP contribution in [0, 0.1) is 17.8 Å². The summed E-state index contributed by atoms with van der Waals surface area (Å²) in [5, 5.41) is 0. The highest BCUT2D eigenvalue weighted by molar-refractivity contribution is 5.38. The lowest BCUT2D eigenvalue weighted by atomic mass is 9.72. The van der Waals surface area contributed by atoms with Crippen LogP contribution in [0.1, 0.15) is 52.9 Å². The molecule has 1 saturated heterocycles. The molecule has 0 aromatic carbocycles. The molecule has 0 amide bonds. The van der Waals surface area contributed by atoms with E-state index in [0.29, 0.717) is 6.10 Å². The lowest BCUT2D eigenvalue weighted by Crippen LogP contribution is -2.48. The van der Waals surface area contributed by atoms with Crippen molar-refractivity contribution in [3.8, 4) is 0 Å². The second-order valence-electron chi connectivity index (χ2n) is 8.14. The van der Waals surface area contributed by atoms with Crippen molar-refractivity contribution in [3.05, 3.63) is 23.9 Å². The van der Waals surface area contributed by atoms with E-state index >= 15 is 0 Å². The second kappa shape index (κ2) is 4.87. The van der Waals surface area contributed by atoms with Gasteiger partial charge in [0.25, 0.3) is 0 Å². The van der Waals surface area contributed by atoms with Crippen molar-refractivity contribution in [1.82, 2.24) is 4.90 Å². The average molecular weight is 287 g/mol. The van der Waals surface area contributed by atoms with Gasteiger partial charge in [-0.1, -0.05) is 33.3 Å². The van der Waals surface area contributed by atoms with Gasteiger partial charge in [-0.05, 0) is 42.2 Å². The van der Waals surface area contributed by atoms with Gasteiger partial charge in [0.15, 0.2) is 0 Å². The van der Waals surface area contributed by atoms with Crippen LogP contribution in [-0.4, -0.2) is 29.2 Å². The Labute approximate surface area is 129 Å². The maximum absolute atomic E-state index is 6.19. The Hall–Kier alpha value is -0.760. The summed E-state index contributed by atoms with van der Waals surface area (Å²) < 4.78 is 6.19. The van der Waals surface area contributed by atoms with Crippen LogP contribution in [0.5, 0.6) is 0 Å². The monoisotopic (exact) mass is 287 g/mol. The molecular weight excluding hydrogens is 258 g/mol. The van der Waals surface area contributed by atoms with E-state index in [1.807, 2.05) is 0 Å². The summed E-state index contributed by atoms with van der Waals surface area (Å²) in [4.78, 5) is 2.69. The Balaban J connectivity index is 1.58. The molecule has 0 aromatic rings. The predicted molar refractivity (Wildman–Crippen MR) is 85.9 cm³/mol. The van der Waals surface area contributed by atoms with Gasteiger partial charge in [-0.3, -0.25) is 0 Å². The van der Waals surface area contributed by atoms with Gasteiger partial charge < -0.3 is 9.64 Å². The molecule has 0 N–H and O–H groups in total. The Bertz CT molecular complexity index is 480. The summed E-state index contributed by atoms with van der Waals surface area (Å²) >= 11 is 0. The first-order valence-corrected chi connectivity index (χ1v) is 8.91. The SMILES string of the molecule is CC(C)[C@@H]1CC[C@@H](C)C[C@H]1N1C=C2C[C@@H]3C=C[C@@]2(CC1)O3. The molecule has 4 rings (SSSR count). The number of hydrogen-bond acceptors (Lipinski definition) is 2. The van der Waals surface area contributed by atoms with Crippen molar-refractivity contribution in [2.45, 2.75) is 70.6 Å². The highest BCUT2D eigenvalue weighted by Gasteiger charge is 2.49. The maximum atomic E-state index is 6.19.